The standard InChI is InChI=1S/C5H7N3S2/c1-2-9-5(3-6)8-7-4-10-5/h4,8H,2H2,1H3. The monoisotopic (exact) mass is 173 g/mol. The lowest BCUT2D eigenvalue weighted by Gasteiger charge is -2.16. The van der Waals surface area contributed by atoms with Crippen LogP contribution in [0.2, 0.25) is 0 Å². The maximum Gasteiger partial charge on any atom is 0.239 e. The van der Waals surface area contributed by atoms with Crippen LogP contribution >= 0.6 is 23.5 Å². The molecule has 0 aromatic rings. The molecule has 1 aliphatic heterocycles. The van der Waals surface area contributed by atoms with Gasteiger partial charge in [-0.2, -0.15) is 10.4 Å². The van der Waals surface area contributed by atoms with Crippen molar-refractivity contribution in [2.75, 3.05) is 5.75 Å². The van der Waals surface area contributed by atoms with E-state index in [2.05, 4.69) is 16.6 Å². The van der Waals surface area contributed by atoms with Crippen LogP contribution < -0.4 is 5.43 Å². The van der Waals surface area contributed by atoms with Crippen LogP contribution in [-0.4, -0.2) is 15.5 Å². The Balaban J connectivity index is 2.55. The summed E-state index contributed by atoms with van der Waals surface area (Å²) in [6.45, 7) is 2.02. The summed E-state index contributed by atoms with van der Waals surface area (Å²) in [5.41, 5.74) is 4.41. The molecule has 0 spiro atoms. The molecule has 0 saturated heterocycles. The van der Waals surface area contributed by atoms with Gasteiger partial charge in [0.05, 0.1) is 5.55 Å². The fourth-order valence-electron chi connectivity index (χ4n) is 0.591. The predicted molar refractivity (Wildman–Crippen MR) is 45.7 cm³/mol. The van der Waals surface area contributed by atoms with Crippen molar-refractivity contribution in [3.8, 4) is 6.07 Å². The molecular weight excluding hydrogens is 166 g/mol. The first-order chi connectivity index (χ1) is 4.83. The Morgan fingerprint density at radius 2 is 2.80 bits per heavy atom. The molecule has 1 aliphatic rings. The molecule has 1 rings (SSSR count). The number of hydrazone groups is 1. The summed E-state index contributed by atoms with van der Waals surface area (Å²) in [6.07, 6.45) is 0. The van der Waals surface area contributed by atoms with Crippen LogP contribution in [0.1, 0.15) is 6.92 Å². The Morgan fingerprint density at radius 3 is 3.20 bits per heavy atom. The summed E-state index contributed by atoms with van der Waals surface area (Å²) in [5, 5.41) is 12.5. The predicted octanol–water partition coefficient (Wildman–Crippen LogP) is 1.20. The first-order valence-corrected chi connectivity index (χ1v) is 4.71. The van der Waals surface area contributed by atoms with Crippen molar-refractivity contribution in [1.82, 2.24) is 5.43 Å². The molecule has 10 heavy (non-hydrogen) atoms. The molecule has 0 saturated carbocycles. The number of nitriles is 1. The van der Waals surface area contributed by atoms with Crippen molar-refractivity contribution in [2.45, 2.75) is 11.1 Å². The maximum absolute atomic E-state index is 8.71. The molecule has 1 unspecified atom stereocenters. The molecule has 1 N–H and O–H groups in total. The zero-order valence-electron chi connectivity index (χ0n) is 5.50. The van der Waals surface area contributed by atoms with E-state index in [0.29, 0.717) is 0 Å². The van der Waals surface area contributed by atoms with Gasteiger partial charge in [0.15, 0.2) is 0 Å². The minimum Gasteiger partial charge on any atom is -0.271 e. The van der Waals surface area contributed by atoms with Crippen molar-refractivity contribution < 1.29 is 0 Å². The quantitative estimate of drug-likeness (QED) is 0.681. The molecule has 0 aliphatic carbocycles. The van der Waals surface area contributed by atoms with Gasteiger partial charge in [-0.25, -0.2) is 0 Å². The molecular formula is C5H7N3S2. The van der Waals surface area contributed by atoms with Crippen molar-refractivity contribution in [3.63, 3.8) is 0 Å². The van der Waals surface area contributed by atoms with Gasteiger partial charge >= 0.3 is 0 Å². The third-order valence-corrected chi connectivity index (χ3v) is 3.22. The van der Waals surface area contributed by atoms with Crippen LogP contribution in [0.25, 0.3) is 0 Å². The van der Waals surface area contributed by atoms with Crippen molar-refractivity contribution in [3.05, 3.63) is 0 Å². The van der Waals surface area contributed by atoms with Gasteiger partial charge < -0.3 is 0 Å². The fraction of sp³-hybridized carbons (Fsp3) is 0.600. The number of nitrogens with zero attached hydrogens (tertiary/aromatic N) is 2. The maximum atomic E-state index is 8.71. The van der Waals surface area contributed by atoms with Crippen molar-refractivity contribution >= 4 is 29.1 Å². The lowest BCUT2D eigenvalue weighted by Crippen LogP contribution is -2.29. The molecule has 1 atom stereocenters. The van der Waals surface area contributed by atoms with Gasteiger partial charge in [0.1, 0.15) is 6.07 Å². The molecule has 0 aromatic heterocycles. The van der Waals surface area contributed by atoms with Gasteiger partial charge in [0, 0.05) is 0 Å². The molecule has 1 heterocycles. The van der Waals surface area contributed by atoms with E-state index in [-0.39, 0.29) is 0 Å². The van der Waals surface area contributed by atoms with Gasteiger partial charge in [0.25, 0.3) is 0 Å². The zero-order chi connectivity index (χ0) is 7.45. The van der Waals surface area contributed by atoms with E-state index in [1.165, 1.54) is 11.8 Å². The van der Waals surface area contributed by atoms with Crippen molar-refractivity contribution in [1.29, 1.82) is 5.26 Å². The van der Waals surface area contributed by atoms with Gasteiger partial charge in [0.2, 0.25) is 4.20 Å². The third-order valence-electron chi connectivity index (χ3n) is 0.978. The second-order valence-corrected chi connectivity index (χ2v) is 4.42. The molecule has 0 fully saturated rings. The molecule has 5 heteroatoms. The third kappa shape index (κ3) is 1.39. The van der Waals surface area contributed by atoms with Crippen molar-refractivity contribution in [2.24, 2.45) is 5.10 Å². The van der Waals surface area contributed by atoms with E-state index in [4.69, 9.17) is 5.26 Å². The highest BCUT2D eigenvalue weighted by Crippen LogP contribution is 2.35. The average Bonchev–Trinajstić information content (AvgIpc) is 2.39. The lowest BCUT2D eigenvalue weighted by atomic mass is 10.7. The molecule has 3 nitrogen and oxygen atoms in total. The number of thioether (sulfide) groups is 2. The Morgan fingerprint density at radius 1 is 2.00 bits per heavy atom. The van der Waals surface area contributed by atoms with Gasteiger partial charge in [-0.15, -0.1) is 11.8 Å². The topological polar surface area (TPSA) is 48.2 Å². The second-order valence-electron chi connectivity index (χ2n) is 1.63. The zero-order valence-corrected chi connectivity index (χ0v) is 7.13. The van der Waals surface area contributed by atoms with E-state index >= 15 is 0 Å². The minimum absolute atomic E-state index is 0.547. The summed E-state index contributed by atoms with van der Waals surface area (Å²) in [5.74, 6) is 0.914. The number of nitrogens with one attached hydrogen (secondary N) is 1. The number of hydrogen-bond acceptors (Lipinski definition) is 5. The summed E-state index contributed by atoms with van der Waals surface area (Å²) in [6, 6.07) is 2.17. The van der Waals surface area contributed by atoms with E-state index in [1.807, 2.05) is 6.92 Å². The van der Waals surface area contributed by atoms with Crippen LogP contribution in [0.15, 0.2) is 5.10 Å². The summed E-state index contributed by atoms with van der Waals surface area (Å²) in [4.78, 5) is 0. The Kier molecular flexibility index (Phi) is 2.46. The highest BCUT2D eigenvalue weighted by molar-refractivity contribution is 8.25. The Labute approximate surface area is 68.2 Å². The smallest absolute Gasteiger partial charge is 0.239 e. The average molecular weight is 173 g/mol. The normalized spacial score (nSPS) is 29.6. The highest BCUT2D eigenvalue weighted by atomic mass is 32.2. The van der Waals surface area contributed by atoms with Crippen LogP contribution in [0.5, 0.6) is 0 Å². The lowest BCUT2D eigenvalue weighted by molar-refractivity contribution is 0.770. The van der Waals surface area contributed by atoms with Crippen LogP contribution in [-0.2, 0) is 0 Å². The van der Waals surface area contributed by atoms with Gasteiger partial charge in [-0.3, -0.25) is 5.43 Å². The molecule has 0 bridgehead atoms. The second kappa shape index (κ2) is 3.17. The van der Waals surface area contributed by atoms with E-state index in [0.717, 1.165) is 5.75 Å². The first-order valence-electron chi connectivity index (χ1n) is 2.85. The summed E-state index contributed by atoms with van der Waals surface area (Å²) < 4.78 is -0.547. The van der Waals surface area contributed by atoms with E-state index in [1.54, 1.807) is 17.3 Å². The van der Waals surface area contributed by atoms with Gasteiger partial charge in [-0.1, -0.05) is 18.7 Å². The fourth-order valence-corrected chi connectivity index (χ4v) is 2.35. The van der Waals surface area contributed by atoms with Gasteiger partial charge in [-0.05, 0) is 5.75 Å². The molecule has 54 valence electrons. The summed E-state index contributed by atoms with van der Waals surface area (Å²) >= 11 is 2.97. The Hall–Kier alpha value is -0.340. The summed E-state index contributed by atoms with van der Waals surface area (Å²) in [7, 11) is 0. The molecule has 0 amide bonds. The van der Waals surface area contributed by atoms with E-state index < -0.39 is 4.20 Å². The first kappa shape index (κ1) is 7.76. The van der Waals surface area contributed by atoms with Crippen LogP contribution in [0.3, 0.4) is 0 Å². The van der Waals surface area contributed by atoms with E-state index in [9.17, 15) is 0 Å². The van der Waals surface area contributed by atoms with Crippen LogP contribution in [0.4, 0.5) is 0 Å². The van der Waals surface area contributed by atoms with Crippen LogP contribution in [0, 0.1) is 11.3 Å². The minimum atomic E-state index is -0.547. The molecule has 0 radical (unpaired) electrons. The Bertz CT molecular complexity index is 176. The molecule has 0 aromatic carbocycles. The largest absolute Gasteiger partial charge is 0.271 e. The SMILES string of the molecule is CCSC1(C#N)NN=CS1. The number of hydrogen-bond donors (Lipinski definition) is 1. The number of rotatable bonds is 2. The highest BCUT2D eigenvalue weighted by Gasteiger charge is 2.32.